The Morgan fingerprint density at radius 2 is 1.42 bits per heavy atom. The molecule has 0 radical (unpaired) electrons. The van der Waals surface area contributed by atoms with Gasteiger partial charge in [0, 0.05) is 18.2 Å². The summed E-state index contributed by atoms with van der Waals surface area (Å²) >= 11 is 0. The zero-order valence-electron chi connectivity index (χ0n) is 16.2. The predicted molar refractivity (Wildman–Crippen MR) is 102 cm³/mol. The highest BCUT2D eigenvalue weighted by Crippen LogP contribution is 2.40. The van der Waals surface area contributed by atoms with Gasteiger partial charge in [-0.05, 0) is 47.6 Å². The highest BCUT2D eigenvalue weighted by molar-refractivity contribution is 5.70. The number of hydrogen-bond acceptors (Lipinski definition) is 2. The molecule has 0 spiro atoms. The molecule has 0 unspecified atom stereocenters. The van der Waals surface area contributed by atoms with E-state index in [0.717, 1.165) is 28.1 Å². The minimum absolute atomic E-state index is 0.114. The van der Waals surface area contributed by atoms with Gasteiger partial charge < -0.3 is 5.11 Å². The molecule has 0 aliphatic heterocycles. The lowest BCUT2D eigenvalue weighted by molar-refractivity contribution is 0.423. The molecule has 0 bridgehead atoms. The van der Waals surface area contributed by atoms with Gasteiger partial charge in [-0.1, -0.05) is 47.6 Å². The Kier molecular flexibility index (Phi) is 4.67. The highest BCUT2D eigenvalue weighted by Gasteiger charge is 2.26. The number of aryl methyl sites for hydroxylation is 2. The van der Waals surface area contributed by atoms with Gasteiger partial charge in [-0.25, -0.2) is 0 Å². The number of rotatable bonds is 2. The summed E-state index contributed by atoms with van der Waals surface area (Å²) in [6.45, 7) is 14.8. The molecule has 0 saturated carbocycles. The van der Waals surface area contributed by atoms with Crippen molar-refractivity contribution < 1.29 is 5.11 Å². The molecule has 130 valence electrons. The highest BCUT2D eigenvalue weighted by atomic mass is 16.3. The quantitative estimate of drug-likeness (QED) is 0.823. The van der Waals surface area contributed by atoms with Crippen molar-refractivity contribution in [1.29, 1.82) is 0 Å². The molecule has 1 aromatic carbocycles. The Balaban J connectivity index is 2.56. The molecule has 2 rings (SSSR count). The first kappa shape index (κ1) is 18.3. The number of benzene rings is 1. The largest absolute Gasteiger partial charge is 0.507 e. The first-order valence-electron chi connectivity index (χ1n) is 8.46. The van der Waals surface area contributed by atoms with E-state index in [1.165, 1.54) is 0 Å². The predicted octanol–water partition coefficient (Wildman–Crippen LogP) is 5.20. The van der Waals surface area contributed by atoms with Gasteiger partial charge in [0.05, 0.1) is 11.4 Å². The monoisotopic (exact) mass is 326 g/mol. The summed E-state index contributed by atoms with van der Waals surface area (Å²) in [5.41, 5.74) is 4.91. The van der Waals surface area contributed by atoms with Crippen LogP contribution in [-0.2, 0) is 17.9 Å². The summed E-state index contributed by atoms with van der Waals surface area (Å²) < 4.78 is 1.88. The third-order valence-electron chi connectivity index (χ3n) is 4.23. The van der Waals surface area contributed by atoms with Crippen molar-refractivity contribution in [2.24, 2.45) is 7.05 Å². The number of aromatic nitrogens is 2. The molecule has 0 fully saturated rings. The van der Waals surface area contributed by atoms with Crippen molar-refractivity contribution in [2.75, 3.05) is 0 Å². The first-order chi connectivity index (χ1) is 10.9. The zero-order valence-corrected chi connectivity index (χ0v) is 16.2. The van der Waals surface area contributed by atoms with Crippen molar-refractivity contribution in [3.8, 4) is 5.75 Å². The molecule has 0 amide bonds. The van der Waals surface area contributed by atoms with E-state index >= 15 is 0 Å². The number of aromatic hydroxyl groups is 1. The van der Waals surface area contributed by atoms with Crippen LogP contribution in [0.5, 0.6) is 5.75 Å². The summed E-state index contributed by atoms with van der Waals surface area (Å²) in [5, 5.41) is 15.2. The number of hydrogen-bond donors (Lipinski definition) is 1. The van der Waals surface area contributed by atoms with E-state index in [0.29, 0.717) is 5.75 Å². The van der Waals surface area contributed by atoms with Crippen LogP contribution < -0.4 is 0 Å². The van der Waals surface area contributed by atoms with E-state index in [1.807, 2.05) is 18.7 Å². The summed E-state index contributed by atoms with van der Waals surface area (Å²) in [6, 6.07) is 6.24. The van der Waals surface area contributed by atoms with Gasteiger partial charge in [0.15, 0.2) is 0 Å². The van der Waals surface area contributed by atoms with Gasteiger partial charge in [-0.15, -0.1) is 0 Å². The number of nitrogens with zero attached hydrogens (tertiary/aromatic N) is 2. The third kappa shape index (κ3) is 3.89. The number of phenols is 1. The lowest BCUT2D eigenvalue weighted by atomic mass is 9.78. The fourth-order valence-corrected chi connectivity index (χ4v) is 2.86. The van der Waals surface area contributed by atoms with Crippen molar-refractivity contribution in [1.82, 2.24) is 9.78 Å². The normalized spacial score (nSPS) is 13.0. The molecule has 0 saturated heterocycles. The maximum absolute atomic E-state index is 10.8. The van der Waals surface area contributed by atoms with Crippen LogP contribution in [0.15, 0.2) is 18.2 Å². The maximum Gasteiger partial charge on any atom is 0.123 e. The number of phenolic OH excluding ortho intramolecular Hbond substituents is 1. The van der Waals surface area contributed by atoms with E-state index in [1.54, 1.807) is 0 Å². The third-order valence-corrected chi connectivity index (χ3v) is 4.23. The minimum Gasteiger partial charge on any atom is -0.507 e. The molecule has 1 N–H and O–H groups in total. The van der Waals surface area contributed by atoms with E-state index < -0.39 is 0 Å². The average Bonchev–Trinajstić information content (AvgIpc) is 2.73. The smallest absolute Gasteiger partial charge is 0.123 e. The fourth-order valence-electron chi connectivity index (χ4n) is 2.86. The maximum atomic E-state index is 10.8. The second-order valence-corrected chi connectivity index (χ2v) is 8.63. The van der Waals surface area contributed by atoms with Crippen LogP contribution in [0.3, 0.4) is 0 Å². The van der Waals surface area contributed by atoms with Gasteiger partial charge in [0.25, 0.3) is 0 Å². The molecule has 0 aliphatic rings. The second kappa shape index (κ2) is 6.12. The van der Waals surface area contributed by atoms with Crippen LogP contribution in [0.1, 0.15) is 69.6 Å². The van der Waals surface area contributed by atoms with E-state index in [-0.39, 0.29) is 10.8 Å². The fraction of sp³-hybridized carbons (Fsp3) is 0.476. The standard InChI is InChI=1S/C21H30N2O/c1-14-11-16(23(8)22-14)10-9-15-12-17(20(2,3)4)19(24)18(13-15)21(5,6)7/h9-13,24H,1-8H3. The molecule has 3 heteroatoms. The van der Waals surface area contributed by atoms with Crippen LogP contribution in [0.4, 0.5) is 0 Å². The zero-order chi connectivity index (χ0) is 18.3. The minimum atomic E-state index is -0.114. The van der Waals surface area contributed by atoms with Crippen LogP contribution in [0.2, 0.25) is 0 Å². The van der Waals surface area contributed by atoms with Crippen molar-refractivity contribution in [3.63, 3.8) is 0 Å². The van der Waals surface area contributed by atoms with E-state index in [4.69, 9.17) is 0 Å². The van der Waals surface area contributed by atoms with E-state index in [2.05, 4.69) is 77.0 Å². The SMILES string of the molecule is Cc1cc(C=Cc2cc(C(C)(C)C)c(O)c(C(C)(C)C)c2)n(C)n1. The summed E-state index contributed by atoms with van der Waals surface area (Å²) in [7, 11) is 1.95. The Morgan fingerprint density at radius 3 is 1.79 bits per heavy atom. The van der Waals surface area contributed by atoms with Crippen LogP contribution in [0.25, 0.3) is 12.2 Å². The van der Waals surface area contributed by atoms with Gasteiger partial charge in [-0.3, -0.25) is 4.68 Å². The van der Waals surface area contributed by atoms with Crippen LogP contribution in [0, 0.1) is 6.92 Å². The topological polar surface area (TPSA) is 38.0 Å². The Morgan fingerprint density at radius 1 is 0.917 bits per heavy atom. The lowest BCUT2D eigenvalue weighted by Crippen LogP contribution is -2.17. The van der Waals surface area contributed by atoms with Gasteiger partial charge in [-0.2, -0.15) is 5.10 Å². The van der Waals surface area contributed by atoms with Crippen molar-refractivity contribution in [2.45, 2.75) is 59.3 Å². The Bertz CT molecular complexity index is 733. The van der Waals surface area contributed by atoms with Gasteiger partial charge in [0.2, 0.25) is 0 Å². The van der Waals surface area contributed by atoms with Gasteiger partial charge in [0.1, 0.15) is 5.75 Å². The molecule has 0 aliphatic carbocycles. The van der Waals surface area contributed by atoms with Crippen molar-refractivity contribution in [3.05, 3.63) is 46.3 Å². The molecular weight excluding hydrogens is 296 g/mol. The lowest BCUT2D eigenvalue weighted by Gasteiger charge is -2.27. The van der Waals surface area contributed by atoms with Gasteiger partial charge >= 0.3 is 0 Å². The summed E-state index contributed by atoms with van der Waals surface area (Å²) in [5.74, 6) is 0.420. The Hall–Kier alpha value is -2.03. The van der Waals surface area contributed by atoms with Crippen LogP contribution >= 0.6 is 0 Å². The molecule has 24 heavy (non-hydrogen) atoms. The average molecular weight is 326 g/mol. The summed E-state index contributed by atoms with van der Waals surface area (Å²) in [6.07, 6.45) is 4.17. The van der Waals surface area contributed by atoms with Crippen molar-refractivity contribution >= 4 is 12.2 Å². The summed E-state index contributed by atoms with van der Waals surface area (Å²) in [4.78, 5) is 0. The first-order valence-corrected chi connectivity index (χ1v) is 8.46. The molecule has 1 heterocycles. The second-order valence-electron chi connectivity index (χ2n) is 8.63. The Labute approximate surface area is 146 Å². The van der Waals surface area contributed by atoms with E-state index in [9.17, 15) is 5.11 Å². The van der Waals surface area contributed by atoms with Crippen LogP contribution in [-0.4, -0.2) is 14.9 Å². The molecule has 0 atom stereocenters. The molecule has 1 aromatic heterocycles. The molecular formula is C21H30N2O. The molecule has 3 nitrogen and oxygen atoms in total. The molecule has 2 aromatic rings.